The molecule has 132 valence electrons. The van der Waals surface area contributed by atoms with Crippen LogP contribution in [0.15, 0.2) is 36.5 Å². The van der Waals surface area contributed by atoms with Crippen LogP contribution in [0.5, 0.6) is 0 Å². The Bertz CT molecular complexity index is 765. The summed E-state index contributed by atoms with van der Waals surface area (Å²) in [7, 11) is 0. The van der Waals surface area contributed by atoms with Gasteiger partial charge in [0.25, 0.3) is 5.91 Å². The van der Waals surface area contributed by atoms with Crippen molar-refractivity contribution in [3.05, 3.63) is 47.9 Å². The molecular weight excluding hydrogens is 335 g/mol. The zero-order chi connectivity index (χ0) is 18.0. The lowest BCUT2D eigenvalue weighted by molar-refractivity contribution is -0.233. The molecule has 0 N–H and O–H groups in total. The molecule has 1 saturated heterocycles. The number of halogens is 3. The Morgan fingerprint density at radius 2 is 2.00 bits per heavy atom. The minimum atomic E-state index is -4.51. The predicted octanol–water partition coefficient (Wildman–Crippen LogP) is 2.86. The van der Waals surface area contributed by atoms with Gasteiger partial charge in [0, 0.05) is 18.3 Å². The van der Waals surface area contributed by atoms with Gasteiger partial charge < -0.3 is 9.64 Å². The van der Waals surface area contributed by atoms with Gasteiger partial charge in [-0.3, -0.25) is 4.79 Å². The topological polar surface area (TPSA) is 55.3 Å². The summed E-state index contributed by atoms with van der Waals surface area (Å²) in [4.78, 5) is 22.3. The molecule has 0 bridgehead atoms. The van der Waals surface area contributed by atoms with Crippen molar-refractivity contribution in [3.8, 4) is 11.3 Å². The van der Waals surface area contributed by atoms with E-state index in [9.17, 15) is 18.0 Å². The van der Waals surface area contributed by atoms with Gasteiger partial charge >= 0.3 is 6.18 Å². The van der Waals surface area contributed by atoms with E-state index in [0.29, 0.717) is 17.1 Å². The molecule has 8 heteroatoms. The summed E-state index contributed by atoms with van der Waals surface area (Å²) in [6.45, 7) is 1.08. The predicted molar refractivity (Wildman–Crippen MR) is 83.9 cm³/mol. The Kier molecular flexibility index (Phi) is 4.71. The van der Waals surface area contributed by atoms with Gasteiger partial charge in [-0.25, -0.2) is 9.97 Å². The SMILES string of the molecule is Cc1ncc(C(=O)N2CCO[C@@H](C(F)(F)F)C2)c(-c2ccccc2)n1. The van der Waals surface area contributed by atoms with Gasteiger partial charge in [-0.15, -0.1) is 0 Å². The zero-order valence-electron chi connectivity index (χ0n) is 13.5. The second-order valence-electron chi connectivity index (χ2n) is 5.70. The summed E-state index contributed by atoms with van der Waals surface area (Å²) in [5, 5.41) is 0. The van der Waals surface area contributed by atoms with Crippen molar-refractivity contribution in [3.63, 3.8) is 0 Å². The second-order valence-corrected chi connectivity index (χ2v) is 5.70. The number of aryl methyl sites for hydroxylation is 1. The highest BCUT2D eigenvalue weighted by Gasteiger charge is 2.44. The van der Waals surface area contributed by atoms with Crippen LogP contribution in [0.2, 0.25) is 0 Å². The minimum absolute atomic E-state index is 0.0908. The molecule has 2 heterocycles. The maximum atomic E-state index is 12.9. The highest BCUT2D eigenvalue weighted by molar-refractivity contribution is 5.99. The molecule has 1 aliphatic rings. The molecule has 5 nitrogen and oxygen atoms in total. The van der Waals surface area contributed by atoms with E-state index in [4.69, 9.17) is 4.74 Å². The Morgan fingerprint density at radius 3 is 2.68 bits per heavy atom. The number of carbonyl (C=O) groups is 1. The maximum Gasteiger partial charge on any atom is 0.416 e. The maximum absolute atomic E-state index is 12.9. The van der Waals surface area contributed by atoms with Crippen molar-refractivity contribution in [2.75, 3.05) is 19.7 Å². The first-order valence-corrected chi connectivity index (χ1v) is 7.73. The van der Waals surface area contributed by atoms with Gasteiger partial charge in [-0.2, -0.15) is 13.2 Å². The molecule has 0 radical (unpaired) electrons. The summed E-state index contributed by atoms with van der Waals surface area (Å²) in [6.07, 6.45) is -5.12. The lowest BCUT2D eigenvalue weighted by Gasteiger charge is -2.34. The summed E-state index contributed by atoms with van der Waals surface area (Å²) in [6, 6.07) is 9.01. The van der Waals surface area contributed by atoms with E-state index in [1.807, 2.05) is 6.07 Å². The van der Waals surface area contributed by atoms with Crippen molar-refractivity contribution in [1.29, 1.82) is 0 Å². The van der Waals surface area contributed by atoms with Crippen LogP contribution in [0.25, 0.3) is 11.3 Å². The largest absolute Gasteiger partial charge is 0.416 e. The highest BCUT2D eigenvalue weighted by atomic mass is 19.4. The molecule has 1 amide bonds. The van der Waals surface area contributed by atoms with Crippen LogP contribution in [-0.2, 0) is 4.74 Å². The number of nitrogens with zero attached hydrogens (tertiary/aromatic N) is 3. The summed E-state index contributed by atoms with van der Waals surface area (Å²) in [5.74, 6) is -0.0537. The molecule has 1 fully saturated rings. The third-order valence-corrected chi connectivity index (χ3v) is 3.91. The molecular formula is C17H16F3N3O2. The minimum Gasteiger partial charge on any atom is -0.365 e. The number of amides is 1. The molecule has 0 unspecified atom stereocenters. The molecule has 0 saturated carbocycles. The Balaban J connectivity index is 1.93. The van der Waals surface area contributed by atoms with Crippen LogP contribution < -0.4 is 0 Å². The van der Waals surface area contributed by atoms with E-state index < -0.39 is 24.7 Å². The lowest BCUT2D eigenvalue weighted by Crippen LogP contribution is -2.51. The van der Waals surface area contributed by atoms with Gasteiger partial charge in [0.1, 0.15) is 5.82 Å². The summed E-state index contributed by atoms with van der Waals surface area (Å²) in [5.41, 5.74) is 1.30. The average Bonchev–Trinajstić information content (AvgIpc) is 2.61. The van der Waals surface area contributed by atoms with Crippen molar-refractivity contribution in [2.24, 2.45) is 0 Å². The number of alkyl halides is 3. The number of carbonyl (C=O) groups excluding carboxylic acids is 1. The Labute approximate surface area is 142 Å². The van der Waals surface area contributed by atoms with Crippen molar-refractivity contribution < 1.29 is 22.7 Å². The Morgan fingerprint density at radius 1 is 1.28 bits per heavy atom. The van der Waals surface area contributed by atoms with E-state index in [1.165, 1.54) is 6.20 Å². The summed E-state index contributed by atoms with van der Waals surface area (Å²) >= 11 is 0. The number of ether oxygens (including phenoxy) is 1. The van der Waals surface area contributed by atoms with Crippen molar-refractivity contribution in [2.45, 2.75) is 19.2 Å². The zero-order valence-corrected chi connectivity index (χ0v) is 13.5. The smallest absolute Gasteiger partial charge is 0.365 e. The van der Waals surface area contributed by atoms with Crippen LogP contribution in [-0.4, -0.2) is 52.8 Å². The number of hydrogen-bond donors (Lipinski definition) is 0. The van der Waals surface area contributed by atoms with Gasteiger partial charge in [-0.05, 0) is 6.92 Å². The molecule has 3 rings (SSSR count). The molecule has 2 aromatic rings. The second kappa shape index (κ2) is 6.79. The molecule has 0 aliphatic carbocycles. The fourth-order valence-electron chi connectivity index (χ4n) is 2.64. The quantitative estimate of drug-likeness (QED) is 0.835. The molecule has 0 spiro atoms. The van der Waals surface area contributed by atoms with Crippen LogP contribution >= 0.6 is 0 Å². The van der Waals surface area contributed by atoms with Crippen molar-refractivity contribution in [1.82, 2.24) is 14.9 Å². The molecule has 25 heavy (non-hydrogen) atoms. The Hall–Kier alpha value is -2.48. The third-order valence-electron chi connectivity index (χ3n) is 3.91. The number of benzene rings is 1. The van der Waals surface area contributed by atoms with E-state index in [0.717, 1.165) is 4.90 Å². The fraction of sp³-hybridized carbons (Fsp3) is 0.353. The molecule has 1 atom stereocenters. The third kappa shape index (κ3) is 3.79. The van der Waals surface area contributed by atoms with Gasteiger partial charge in [-0.1, -0.05) is 30.3 Å². The van der Waals surface area contributed by atoms with Crippen LogP contribution in [0.3, 0.4) is 0 Å². The first kappa shape index (κ1) is 17.3. The molecule has 1 aromatic heterocycles. The molecule has 1 aromatic carbocycles. The van der Waals surface area contributed by atoms with E-state index in [1.54, 1.807) is 31.2 Å². The average molecular weight is 351 g/mol. The first-order chi connectivity index (χ1) is 11.9. The van der Waals surface area contributed by atoms with E-state index in [2.05, 4.69) is 9.97 Å². The van der Waals surface area contributed by atoms with Crippen LogP contribution in [0, 0.1) is 6.92 Å². The van der Waals surface area contributed by atoms with Crippen LogP contribution in [0.1, 0.15) is 16.2 Å². The normalized spacial score (nSPS) is 18.2. The first-order valence-electron chi connectivity index (χ1n) is 7.73. The number of morpholine rings is 1. The monoisotopic (exact) mass is 351 g/mol. The molecule has 1 aliphatic heterocycles. The number of aromatic nitrogens is 2. The van der Waals surface area contributed by atoms with Gasteiger partial charge in [0.05, 0.1) is 24.4 Å². The standard InChI is InChI=1S/C17H16F3N3O2/c1-11-21-9-13(15(22-11)12-5-3-2-4-6-12)16(24)23-7-8-25-14(10-23)17(18,19)20/h2-6,9,14H,7-8,10H2,1H3/t14-/m1/s1. The fourth-order valence-corrected chi connectivity index (χ4v) is 2.64. The number of rotatable bonds is 2. The van der Waals surface area contributed by atoms with E-state index in [-0.39, 0.29) is 18.7 Å². The lowest BCUT2D eigenvalue weighted by atomic mass is 10.1. The van der Waals surface area contributed by atoms with Gasteiger partial charge in [0.15, 0.2) is 6.10 Å². The van der Waals surface area contributed by atoms with Gasteiger partial charge in [0.2, 0.25) is 0 Å². The van der Waals surface area contributed by atoms with Crippen LogP contribution in [0.4, 0.5) is 13.2 Å². The highest BCUT2D eigenvalue weighted by Crippen LogP contribution is 2.28. The van der Waals surface area contributed by atoms with Crippen molar-refractivity contribution >= 4 is 5.91 Å². The van der Waals surface area contributed by atoms with E-state index >= 15 is 0 Å². The summed E-state index contributed by atoms with van der Waals surface area (Å²) < 4.78 is 43.4. The number of hydrogen-bond acceptors (Lipinski definition) is 4.